The summed E-state index contributed by atoms with van der Waals surface area (Å²) in [4.78, 5) is 24.8. The van der Waals surface area contributed by atoms with Crippen LogP contribution in [0.25, 0.3) is 10.1 Å². The van der Waals surface area contributed by atoms with Crippen molar-refractivity contribution in [3.8, 4) is 0 Å². The van der Waals surface area contributed by atoms with Crippen molar-refractivity contribution in [1.82, 2.24) is 5.32 Å². The number of rotatable bonds is 5. The lowest BCUT2D eigenvalue weighted by Gasteiger charge is -2.18. The Labute approximate surface area is 138 Å². The Hall–Kier alpha value is -1.95. The number of halogens is 1. The third-order valence-corrected chi connectivity index (χ3v) is 4.86. The summed E-state index contributed by atoms with van der Waals surface area (Å²) < 4.78 is 19.4. The molecule has 0 saturated carbocycles. The molecule has 1 aromatic heterocycles. The Morgan fingerprint density at radius 1 is 1.35 bits per heavy atom. The van der Waals surface area contributed by atoms with Gasteiger partial charge in [0.05, 0.1) is 12.0 Å². The van der Waals surface area contributed by atoms with Crippen molar-refractivity contribution in [2.45, 2.75) is 33.2 Å². The van der Waals surface area contributed by atoms with E-state index in [4.69, 9.17) is 4.74 Å². The van der Waals surface area contributed by atoms with Crippen LogP contribution in [0.4, 0.5) is 4.39 Å². The number of esters is 1. The molecule has 0 spiro atoms. The topological polar surface area (TPSA) is 55.4 Å². The third kappa shape index (κ3) is 3.69. The maximum atomic E-state index is 13.9. The molecule has 0 aliphatic rings. The highest BCUT2D eigenvalue weighted by molar-refractivity contribution is 7.21. The van der Waals surface area contributed by atoms with Gasteiger partial charge in [-0.3, -0.25) is 4.79 Å². The van der Waals surface area contributed by atoms with Crippen LogP contribution in [-0.2, 0) is 9.53 Å². The molecule has 1 amide bonds. The number of benzene rings is 1. The Morgan fingerprint density at radius 3 is 2.61 bits per heavy atom. The second-order valence-electron chi connectivity index (χ2n) is 5.85. The SMILES string of the molecule is COC(=O)[C@@H](CC(C)C)NC(=O)c1sc2cccc(F)c2c1C. The van der Waals surface area contributed by atoms with Gasteiger partial charge >= 0.3 is 5.97 Å². The fourth-order valence-electron chi connectivity index (χ4n) is 2.52. The van der Waals surface area contributed by atoms with Crippen LogP contribution in [0.2, 0.25) is 0 Å². The summed E-state index contributed by atoms with van der Waals surface area (Å²) in [7, 11) is 1.29. The van der Waals surface area contributed by atoms with Crippen LogP contribution in [0.3, 0.4) is 0 Å². The number of hydrogen-bond donors (Lipinski definition) is 1. The number of ether oxygens (including phenoxy) is 1. The van der Waals surface area contributed by atoms with Gasteiger partial charge in [-0.1, -0.05) is 19.9 Å². The van der Waals surface area contributed by atoms with Crippen molar-refractivity contribution in [2.24, 2.45) is 5.92 Å². The zero-order chi connectivity index (χ0) is 17.1. The average molecular weight is 337 g/mol. The molecular weight excluding hydrogens is 317 g/mol. The molecule has 0 bridgehead atoms. The van der Waals surface area contributed by atoms with Crippen molar-refractivity contribution >= 4 is 33.3 Å². The highest BCUT2D eigenvalue weighted by Gasteiger charge is 2.25. The predicted molar refractivity (Wildman–Crippen MR) is 89.2 cm³/mol. The van der Waals surface area contributed by atoms with Crippen molar-refractivity contribution < 1.29 is 18.7 Å². The molecule has 0 fully saturated rings. The smallest absolute Gasteiger partial charge is 0.328 e. The minimum Gasteiger partial charge on any atom is -0.467 e. The van der Waals surface area contributed by atoms with Crippen molar-refractivity contribution in [2.75, 3.05) is 7.11 Å². The molecule has 6 heteroatoms. The van der Waals surface area contributed by atoms with Gasteiger partial charge in [0, 0.05) is 10.1 Å². The molecule has 1 aromatic carbocycles. The van der Waals surface area contributed by atoms with Crippen LogP contribution in [0, 0.1) is 18.7 Å². The molecule has 1 atom stereocenters. The van der Waals surface area contributed by atoms with E-state index in [9.17, 15) is 14.0 Å². The predicted octanol–water partition coefficient (Wildman–Crippen LogP) is 3.67. The van der Waals surface area contributed by atoms with E-state index in [0.717, 1.165) is 0 Å². The van der Waals surface area contributed by atoms with Crippen LogP contribution < -0.4 is 5.32 Å². The van der Waals surface area contributed by atoms with Gasteiger partial charge in [-0.05, 0) is 37.0 Å². The summed E-state index contributed by atoms with van der Waals surface area (Å²) in [5.74, 6) is -0.974. The minimum atomic E-state index is -0.707. The van der Waals surface area contributed by atoms with Crippen molar-refractivity contribution in [3.05, 3.63) is 34.5 Å². The molecule has 1 N–H and O–H groups in total. The van der Waals surface area contributed by atoms with Gasteiger partial charge in [-0.25, -0.2) is 9.18 Å². The van der Waals surface area contributed by atoms with Crippen molar-refractivity contribution in [1.29, 1.82) is 0 Å². The minimum absolute atomic E-state index is 0.223. The normalized spacial score (nSPS) is 12.4. The average Bonchev–Trinajstić information content (AvgIpc) is 2.83. The maximum absolute atomic E-state index is 13.9. The van der Waals surface area contributed by atoms with Crippen LogP contribution >= 0.6 is 11.3 Å². The molecule has 0 unspecified atom stereocenters. The first-order valence-corrected chi connectivity index (χ1v) is 8.23. The molecule has 0 aliphatic heterocycles. The first-order valence-electron chi connectivity index (χ1n) is 7.41. The Bertz CT molecular complexity index is 739. The molecular formula is C17H20FNO3S. The van der Waals surface area contributed by atoms with Gasteiger partial charge in [-0.2, -0.15) is 0 Å². The highest BCUT2D eigenvalue weighted by atomic mass is 32.1. The number of aryl methyl sites for hydroxylation is 1. The lowest BCUT2D eigenvalue weighted by Crippen LogP contribution is -2.42. The highest BCUT2D eigenvalue weighted by Crippen LogP contribution is 2.32. The molecule has 124 valence electrons. The van der Waals surface area contributed by atoms with Gasteiger partial charge in [0.25, 0.3) is 5.91 Å². The first-order chi connectivity index (χ1) is 10.8. The van der Waals surface area contributed by atoms with Crippen LogP contribution in [0.15, 0.2) is 18.2 Å². The summed E-state index contributed by atoms with van der Waals surface area (Å²) in [6, 6.07) is 4.06. The maximum Gasteiger partial charge on any atom is 0.328 e. The van der Waals surface area contributed by atoms with Crippen molar-refractivity contribution in [3.63, 3.8) is 0 Å². The molecule has 23 heavy (non-hydrogen) atoms. The lowest BCUT2D eigenvalue weighted by atomic mass is 10.0. The van der Waals surface area contributed by atoms with E-state index in [1.54, 1.807) is 19.1 Å². The standard InChI is InChI=1S/C17H20FNO3S/c1-9(2)8-12(17(21)22-4)19-16(20)15-10(3)14-11(18)6-5-7-13(14)23-15/h5-7,9,12H,8H2,1-4H3,(H,19,20)/t12-/m1/s1. The second kappa shape index (κ2) is 7.08. The van der Waals surface area contributed by atoms with Gasteiger partial charge in [0.15, 0.2) is 0 Å². The van der Waals surface area contributed by atoms with Gasteiger partial charge in [0.2, 0.25) is 0 Å². The second-order valence-corrected chi connectivity index (χ2v) is 6.90. The number of thiophene rings is 1. The Morgan fingerprint density at radius 2 is 2.04 bits per heavy atom. The molecule has 0 saturated heterocycles. The van der Waals surface area contributed by atoms with Gasteiger partial charge < -0.3 is 10.1 Å². The van der Waals surface area contributed by atoms with Crippen LogP contribution in [0.1, 0.15) is 35.5 Å². The van der Waals surface area contributed by atoms with E-state index in [2.05, 4.69) is 5.32 Å². The summed E-state index contributed by atoms with van der Waals surface area (Å²) in [5.41, 5.74) is 0.591. The number of amides is 1. The summed E-state index contributed by atoms with van der Waals surface area (Å²) in [6.07, 6.45) is 0.483. The Balaban J connectivity index is 2.31. The van der Waals surface area contributed by atoms with E-state index in [0.29, 0.717) is 26.9 Å². The zero-order valence-corrected chi connectivity index (χ0v) is 14.4. The molecule has 2 aromatic rings. The van der Waals surface area contributed by atoms with Gasteiger partial charge in [0.1, 0.15) is 11.9 Å². The largest absolute Gasteiger partial charge is 0.467 e. The van der Waals surface area contributed by atoms with E-state index < -0.39 is 12.0 Å². The fraction of sp³-hybridized carbons (Fsp3) is 0.412. The van der Waals surface area contributed by atoms with E-state index >= 15 is 0 Å². The number of methoxy groups -OCH3 is 1. The first kappa shape index (κ1) is 17.4. The molecule has 1 heterocycles. The van der Waals surface area contributed by atoms with Gasteiger partial charge in [-0.15, -0.1) is 11.3 Å². The van der Waals surface area contributed by atoms with Crippen LogP contribution in [-0.4, -0.2) is 25.0 Å². The number of carbonyl (C=O) groups excluding carboxylic acids is 2. The quantitative estimate of drug-likeness (QED) is 0.847. The summed E-state index contributed by atoms with van der Waals surface area (Å²) >= 11 is 1.22. The number of fused-ring (bicyclic) bond motifs is 1. The van der Waals surface area contributed by atoms with E-state index in [1.807, 2.05) is 13.8 Å². The number of carbonyl (C=O) groups is 2. The zero-order valence-electron chi connectivity index (χ0n) is 13.6. The number of nitrogens with one attached hydrogen (secondary N) is 1. The lowest BCUT2D eigenvalue weighted by molar-refractivity contribution is -0.143. The Kier molecular flexibility index (Phi) is 5.36. The molecule has 0 radical (unpaired) electrons. The summed E-state index contributed by atoms with van der Waals surface area (Å²) in [5, 5.41) is 3.17. The molecule has 2 rings (SSSR count). The molecule has 4 nitrogen and oxygen atoms in total. The third-order valence-electron chi connectivity index (χ3n) is 3.61. The van der Waals surface area contributed by atoms with E-state index in [-0.39, 0.29) is 17.6 Å². The fourth-order valence-corrected chi connectivity index (χ4v) is 3.65. The number of hydrogen-bond acceptors (Lipinski definition) is 4. The van der Waals surface area contributed by atoms with Crippen LogP contribution in [0.5, 0.6) is 0 Å². The van der Waals surface area contributed by atoms with E-state index in [1.165, 1.54) is 24.5 Å². The summed E-state index contributed by atoms with van der Waals surface area (Å²) in [6.45, 7) is 5.64. The monoisotopic (exact) mass is 337 g/mol. The molecule has 0 aliphatic carbocycles.